The lowest BCUT2D eigenvalue weighted by atomic mass is 9.72. The second-order valence-electron chi connectivity index (χ2n) is 9.02. The Labute approximate surface area is 156 Å². The van der Waals surface area contributed by atoms with E-state index in [2.05, 4.69) is 25.8 Å². The predicted octanol–water partition coefficient (Wildman–Crippen LogP) is 3.51. The van der Waals surface area contributed by atoms with Gasteiger partial charge in [-0.15, -0.1) is 0 Å². The lowest BCUT2D eigenvalue weighted by molar-refractivity contribution is -0.141. The Morgan fingerprint density at radius 1 is 1.00 bits per heavy atom. The maximum atomic E-state index is 12.5. The van der Waals surface area contributed by atoms with E-state index in [0.29, 0.717) is 23.3 Å². The van der Waals surface area contributed by atoms with Crippen LogP contribution >= 0.6 is 0 Å². The maximum absolute atomic E-state index is 12.5. The van der Waals surface area contributed by atoms with Crippen LogP contribution in [0.4, 0.5) is 5.82 Å². The van der Waals surface area contributed by atoms with Crippen LogP contribution in [0.2, 0.25) is 0 Å². The molecule has 0 bridgehead atoms. The Morgan fingerprint density at radius 2 is 1.77 bits per heavy atom. The zero-order chi connectivity index (χ0) is 17.6. The summed E-state index contributed by atoms with van der Waals surface area (Å²) < 4.78 is 0. The Bertz CT molecular complexity index is 672. The molecule has 2 aliphatic heterocycles. The van der Waals surface area contributed by atoms with Gasteiger partial charge in [0.15, 0.2) is 0 Å². The van der Waals surface area contributed by atoms with Crippen LogP contribution in [0.25, 0.3) is 0 Å². The van der Waals surface area contributed by atoms with Gasteiger partial charge in [-0.05, 0) is 50.4 Å². The van der Waals surface area contributed by atoms with Crippen LogP contribution in [0.5, 0.6) is 0 Å². The molecule has 26 heavy (non-hydrogen) atoms. The van der Waals surface area contributed by atoms with Gasteiger partial charge in [-0.2, -0.15) is 0 Å². The van der Waals surface area contributed by atoms with Gasteiger partial charge in [-0.25, -0.2) is 9.97 Å². The highest BCUT2D eigenvalue weighted by Gasteiger charge is 2.43. The third-order valence-electron chi connectivity index (χ3n) is 7.28. The average molecular weight is 354 g/mol. The van der Waals surface area contributed by atoms with E-state index in [0.717, 1.165) is 38.3 Å². The molecule has 5 nitrogen and oxygen atoms in total. The first-order valence-electron chi connectivity index (χ1n) is 10.6. The molecule has 2 aliphatic carbocycles. The first-order valence-corrected chi connectivity index (χ1v) is 10.6. The van der Waals surface area contributed by atoms with Crippen molar-refractivity contribution in [2.24, 2.45) is 5.41 Å². The molecule has 4 aliphatic rings. The van der Waals surface area contributed by atoms with Gasteiger partial charge < -0.3 is 9.80 Å². The summed E-state index contributed by atoms with van der Waals surface area (Å²) in [6.07, 6.45) is 13.6. The Balaban J connectivity index is 1.26. The summed E-state index contributed by atoms with van der Waals surface area (Å²) >= 11 is 0. The van der Waals surface area contributed by atoms with E-state index in [1.54, 1.807) is 6.33 Å². The van der Waals surface area contributed by atoms with Crippen LogP contribution in [0.15, 0.2) is 12.4 Å². The van der Waals surface area contributed by atoms with Gasteiger partial charge in [-0.1, -0.05) is 12.8 Å². The van der Waals surface area contributed by atoms with E-state index in [4.69, 9.17) is 0 Å². The Morgan fingerprint density at radius 3 is 2.50 bits per heavy atom. The number of likely N-dealkylation sites (tertiary alicyclic amines) is 1. The molecule has 140 valence electrons. The van der Waals surface area contributed by atoms with E-state index in [1.165, 1.54) is 57.1 Å². The van der Waals surface area contributed by atoms with Gasteiger partial charge in [0.1, 0.15) is 12.1 Å². The minimum Gasteiger partial charge on any atom is -0.356 e. The summed E-state index contributed by atoms with van der Waals surface area (Å²) in [5.74, 6) is 2.20. The predicted molar refractivity (Wildman–Crippen MR) is 101 cm³/mol. The van der Waals surface area contributed by atoms with Crippen LogP contribution in [-0.2, 0) is 4.79 Å². The van der Waals surface area contributed by atoms with E-state index in [1.807, 2.05) is 0 Å². The van der Waals surface area contributed by atoms with Gasteiger partial charge >= 0.3 is 0 Å². The first kappa shape index (κ1) is 16.5. The van der Waals surface area contributed by atoms with E-state index in [9.17, 15) is 4.79 Å². The molecule has 0 unspecified atom stereocenters. The largest absolute Gasteiger partial charge is 0.356 e. The molecular formula is C21H30N4O. The highest BCUT2D eigenvalue weighted by atomic mass is 16.2. The summed E-state index contributed by atoms with van der Waals surface area (Å²) in [4.78, 5) is 26.2. The van der Waals surface area contributed by atoms with Crippen molar-refractivity contribution >= 4 is 11.7 Å². The van der Waals surface area contributed by atoms with E-state index >= 15 is 0 Å². The van der Waals surface area contributed by atoms with E-state index in [-0.39, 0.29) is 0 Å². The second-order valence-corrected chi connectivity index (χ2v) is 9.02. The fourth-order valence-electron chi connectivity index (χ4n) is 5.35. The maximum Gasteiger partial charge on any atom is 0.222 e. The van der Waals surface area contributed by atoms with Crippen molar-refractivity contribution < 1.29 is 4.79 Å². The molecule has 1 amide bonds. The SMILES string of the molecule is O=C1CCC2(CCN(c3cc(C4CC4)ncn3)CC2)CN1C1CCCC1. The molecule has 0 radical (unpaired) electrons. The topological polar surface area (TPSA) is 49.3 Å². The first-order chi connectivity index (χ1) is 12.7. The number of hydrogen-bond acceptors (Lipinski definition) is 4. The quantitative estimate of drug-likeness (QED) is 0.833. The summed E-state index contributed by atoms with van der Waals surface area (Å²) in [5.41, 5.74) is 1.57. The van der Waals surface area contributed by atoms with Gasteiger partial charge in [0, 0.05) is 49.8 Å². The number of carbonyl (C=O) groups excluding carboxylic acids is 1. The zero-order valence-corrected chi connectivity index (χ0v) is 15.7. The molecule has 2 saturated heterocycles. The molecule has 0 aromatic carbocycles. The van der Waals surface area contributed by atoms with Crippen LogP contribution in [0.1, 0.15) is 75.8 Å². The Hall–Kier alpha value is -1.65. The summed E-state index contributed by atoms with van der Waals surface area (Å²) in [5, 5.41) is 0. The smallest absolute Gasteiger partial charge is 0.222 e. The van der Waals surface area contributed by atoms with Crippen molar-refractivity contribution in [2.45, 2.75) is 76.2 Å². The minimum absolute atomic E-state index is 0.347. The number of piperidine rings is 2. The van der Waals surface area contributed by atoms with E-state index < -0.39 is 0 Å². The number of amides is 1. The standard InChI is InChI=1S/C21H30N4O/c26-20-7-8-21(14-25(20)17-3-1-2-4-17)9-11-24(12-10-21)19-13-18(16-5-6-16)22-15-23-19/h13,15-17H,1-12,14H2. The molecule has 5 rings (SSSR count). The number of nitrogens with zero attached hydrogens (tertiary/aromatic N) is 4. The highest BCUT2D eigenvalue weighted by molar-refractivity contribution is 5.77. The van der Waals surface area contributed by atoms with Crippen molar-refractivity contribution in [1.29, 1.82) is 0 Å². The third kappa shape index (κ3) is 3.10. The van der Waals surface area contributed by atoms with Crippen LogP contribution < -0.4 is 4.90 Å². The molecule has 2 saturated carbocycles. The average Bonchev–Trinajstić information content (AvgIpc) is 3.39. The Kier molecular flexibility index (Phi) is 4.13. The van der Waals surface area contributed by atoms with Gasteiger partial charge in [0.25, 0.3) is 0 Å². The molecule has 1 aromatic heterocycles. The van der Waals surface area contributed by atoms with Crippen molar-refractivity contribution in [2.75, 3.05) is 24.5 Å². The van der Waals surface area contributed by atoms with Crippen LogP contribution in [-0.4, -0.2) is 46.5 Å². The summed E-state index contributed by atoms with van der Waals surface area (Å²) in [7, 11) is 0. The normalized spacial score (nSPS) is 26.7. The number of aromatic nitrogens is 2. The van der Waals surface area contributed by atoms with Gasteiger partial charge in [0.05, 0.1) is 0 Å². The summed E-state index contributed by atoms with van der Waals surface area (Å²) in [6.45, 7) is 3.13. The summed E-state index contributed by atoms with van der Waals surface area (Å²) in [6, 6.07) is 2.74. The van der Waals surface area contributed by atoms with Crippen LogP contribution in [0.3, 0.4) is 0 Å². The zero-order valence-electron chi connectivity index (χ0n) is 15.7. The fraction of sp³-hybridized carbons (Fsp3) is 0.762. The monoisotopic (exact) mass is 354 g/mol. The molecule has 0 N–H and O–H groups in total. The molecule has 5 heteroatoms. The molecule has 3 heterocycles. The van der Waals surface area contributed by atoms with Crippen molar-refractivity contribution in [3.63, 3.8) is 0 Å². The van der Waals surface area contributed by atoms with Crippen molar-refractivity contribution in [3.05, 3.63) is 18.1 Å². The molecule has 0 atom stereocenters. The lowest BCUT2D eigenvalue weighted by Crippen LogP contribution is -2.54. The molecule has 1 aromatic rings. The second kappa shape index (κ2) is 6.50. The lowest BCUT2D eigenvalue weighted by Gasteiger charge is -2.49. The number of rotatable bonds is 3. The number of hydrogen-bond donors (Lipinski definition) is 0. The van der Waals surface area contributed by atoms with Crippen molar-refractivity contribution in [1.82, 2.24) is 14.9 Å². The van der Waals surface area contributed by atoms with Crippen LogP contribution in [0, 0.1) is 5.41 Å². The number of anilines is 1. The van der Waals surface area contributed by atoms with Gasteiger partial charge in [0.2, 0.25) is 5.91 Å². The highest BCUT2D eigenvalue weighted by Crippen LogP contribution is 2.43. The molecule has 4 fully saturated rings. The number of carbonyl (C=O) groups is 1. The molecule has 1 spiro atoms. The molecular weight excluding hydrogens is 324 g/mol. The van der Waals surface area contributed by atoms with Crippen molar-refractivity contribution in [3.8, 4) is 0 Å². The minimum atomic E-state index is 0.347. The fourth-order valence-corrected chi connectivity index (χ4v) is 5.35. The third-order valence-corrected chi connectivity index (χ3v) is 7.28. The van der Waals surface area contributed by atoms with Gasteiger partial charge in [-0.3, -0.25) is 4.79 Å².